The average molecular weight is 372 g/mol. The Hall–Kier alpha value is -3.19. The van der Waals surface area contributed by atoms with E-state index in [1.165, 1.54) is 0 Å². The first kappa shape index (κ1) is 17.6. The summed E-state index contributed by atoms with van der Waals surface area (Å²) in [6.45, 7) is 0. The number of carbonyl (C=O) groups excluding carboxylic acids is 1. The maximum atomic E-state index is 11.9. The summed E-state index contributed by atoms with van der Waals surface area (Å²) in [4.78, 5) is 22.5. The van der Waals surface area contributed by atoms with Crippen LogP contribution in [0.3, 0.4) is 0 Å². The van der Waals surface area contributed by atoms with Gasteiger partial charge in [0.25, 0.3) is 0 Å². The number of aliphatic carboxylic acids is 1. The molecule has 0 aliphatic rings. The highest BCUT2D eigenvalue weighted by Gasteiger charge is 2.15. The molecule has 0 atom stereocenters. The topological polar surface area (TPSA) is 105 Å². The average Bonchev–Trinajstić information content (AvgIpc) is 3.11. The van der Waals surface area contributed by atoms with Crippen LogP contribution in [-0.2, 0) is 9.59 Å². The number of carboxylic acids is 1. The van der Waals surface area contributed by atoms with E-state index in [2.05, 4.69) is 15.5 Å². The van der Waals surface area contributed by atoms with Gasteiger partial charge in [0.1, 0.15) is 0 Å². The second kappa shape index (κ2) is 7.79. The van der Waals surface area contributed by atoms with Crippen LogP contribution in [0.25, 0.3) is 22.9 Å². The van der Waals surface area contributed by atoms with Crippen LogP contribution in [0, 0.1) is 0 Å². The molecule has 0 bridgehead atoms. The Morgan fingerprint density at radius 3 is 2.42 bits per heavy atom. The molecule has 1 amide bonds. The molecule has 1 aromatic heterocycles. The first-order valence-electron chi connectivity index (χ1n) is 7.73. The molecule has 7 nitrogen and oxygen atoms in total. The fraction of sp³-hybridized carbons (Fsp3) is 0.111. The normalized spacial score (nSPS) is 10.5. The number of aromatic nitrogens is 2. The highest BCUT2D eigenvalue weighted by Crippen LogP contribution is 2.29. The molecule has 0 radical (unpaired) electrons. The van der Waals surface area contributed by atoms with Crippen LogP contribution in [-0.4, -0.2) is 27.2 Å². The minimum absolute atomic E-state index is 0.122. The summed E-state index contributed by atoms with van der Waals surface area (Å²) >= 11 is 5.87. The minimum atomic E-state index is -1.03. The van der Waals surface area contributed by atoms with Gasteiger partial charge < -0.3 is 14.8 Å². The molecule has 132 valence electrons. The number of para-hydroxylation sites is 1. The van der Waals surface area contributed by atoms with E-state index in [-0.39, 0.29) is 18.7 Å². The second-order valence-corrected chi connectivity index (χ2v) is 5.84. The van der Waals surface area contributed by atoms with Crippen LogP contribution >= 0.6 is 11.6 Å². The molecule has 3 rings (SSSR count). The molecule has 1 heterocycles. The van der Waals surface area contributed by atoms with E-state index in [1.54, 1.807) is 48.5 Å². The van der Waals surface area contributed by atoms with Crippen molar-refractivity contribution in [1.29, 1.82) is 0 Å². The molecule has 0 aliphatic carbocycles. The number of carbonyl (C=O) groups is 2. The van der Waals surface area contributed by atoms with Crippen molar-refractivity contribution in [1.82, 2.24) is 10.2 Å². The first-order valence-corrected chi connectivity index (χ1v) is 8.11. The van der Waals surface area contributed by atoms with Gasteiger partial charge in [-0.1, -0.05) is 23.7 Å². The molecule has 0 aliphatic heterocycles. The zero-order chi connectivity index (χ0) is 18.5. The number of amides is 1. The predicted octanol–water partition coefficient (Wildman–Crippen LogP) is 3.86. The van der Waals surface area contributed by atoms with Crippen LogP contribution in [0.2, 0.25) is 5.02 Å². The Bertz CT molecular complexity index is 938. The number of benzene rings is 2. The van der Waals surface area contributed by atoms with Crippen molar-refractivity contribution in [2.24, 2.45) is 0 Å². The third-order valence-electron chi connectivity index (χ3n) is 3.51. The summed E-state index contributed by atoms with van der Waals surface area (Å²) in [5.74, 6) is -0.872. The van der Waals surface area contributed by atoms with Crippen LogP contribution < -0.4 is 5.32 Å². The molecule has 0 unspecified atom stereocenters. The van der Waals surface area contributed by atoms with Crippen molar-refractivity contribution in [2.75, 3.05) is 5.32 Å². The summed E-state index contributed by atoms with van der Waals surface area (Å²) in [7, 11) is 0. The summed E-state index contributed by atoms with van der Waals surface area (Å²) in [6, 6.07) is 13.9. The number of nitrogens with zero attached hydrogens (tertiary/aromatic N) is 2. The Kier molecular flexibility index (Phi) is 5.28. The van der Waals surface area contributed by atoms with Crippen molar-refractivity contribution in [2.45, 2.75) is 12.8 Å². The molecule has 3 aromatic rings. The fourth-order valence-corrected chi connectivity index (χ4v) is 2.38. The van der Waals surface area contributed by atoms with Crippen molar-refractivity contribution < 1.29 is 19.1 Å². The maximum absolute atomic E-state index is 11.9. The zero-order valence-electron chi connectivity index (χ0n) is 13.5. The highest BCUT2D eigenvalue weighted by molar-refractivity contribution is 6.30. The number of nitrogens with one attached hydrogen (secondary N) is 1. The first-order chi connectivity index (χ1) is 12.5. The summed E-state index contributed by atoms with van der Waals surface area (Å²) < 4.78 is 5.71. The van der Waals surface area contributed by atoms with Gasteiger partial charge in [0.15, 0.2) is 0 Å². The van der Waals surface area contributed by atoms with Crippen molar-refractivity contribution in [3.05, 3.63) is 53.6 Å². The van der Waals surface area contributed by atoms with E-state index in [0.717, 1.165) is 5.56 Å². The number of hydrogen-bond acceptors (Lipinski definition) is 5. The molecule has 0 saturated heterocycles. The lowest BCUT2D eigenvalue weighted by atomic mass is 10.1. The SMILES string of the molecule is O=C(O)CCC(=O)Nc1ccccc1-c1nnc(-c2ccc(Cl)cc2)o1. The smallest absolute Gasteiger partial charge is 0.303 e. The molecular formula is C18H14ClN3O4. The zero-order valence-corrected chi connectivity index (χ0v) is 14.2. The van der Waals surface area contributed by atoms with E-state index in [0.29, 0.717) is 22.2 Å². The van der Waals surface area contributed by atoms with Crippen LogP contribution in [0.15, 0.2) is 52.9 Å². The predicted molar refractivity (Wildman–Crippen MR) is 95.7 cm³/mol. The molecule has 8 heteroatoms. The van der Waals surface area contributed by atoms with Gasteiger partial charge in [0, 0.05) is 17.0 Å². The van der Waals surface area contributed by atoms with Gasteiger partial charge in [-0.3, -0.25) is 9.59 Å². The summed E-state index contributed by atoms with van der Waals surface area (Å²) in [5, 5.41) is 20.0. The summed E-state index contributed by atoms with van der Waals surface area (Å²) in [6.07, 6.45) is -0.362. The Balaban J connectivity index is 1.83. The third kappa shape index (κ3) is 4.25. The molecule has 0 spiro atoms. The van der Waals surface area contributed by atoms with E-state index in [4.69, 9.17) is 21.1 Å². The molecule has 0 fully saturated rings. The van der Waals surface area contributed by atoms with Crippen LogP contribution in [0.1, 0.15) is 12.8 Å². The second-order valence-electron chi connectivity index (χ2n) is 5.41. The quantitative estimate of drug-likeness (QED) is 0.681. The third-order valence-corrected chi connectivity index (χ3v) is 3.77. The minimum Gasteiger partial charge on any atom is -0.481 e. The van der Waals surface area contributed by atoms with Gasteiger partial charge in [-0.15, -0.1) is 10.2 Å². The van der Waals surface area contributed by atoms with Gasteiger partial charge >= 0.3 is 5.97 Å². The number of halogens is 1. The Morgan fingerprint density at radius 1 is 1.00 bits per heavy atom. The van der Waals surface area contributed by atoms with Crippen LogP contribution in [0.5, 0.6) is 0 Å². The fourth-order valence-electron chi connectivity index (χ4n) is 2.25. The lowest BCUT2D eigenvalue weighted by molar-refractivity contribution is -0.138. The van der Waals surface area contributed by atoms with E-state index in [9.17, 15) is 9.59 Å². The standard InChI is InChI=1S/C18H14ClN3O4/c19-12-7-5-11(6-8-12)17-21-22-18(26-17)13-3-1-2-4-14(13)20-15(23)9-10-16(24)25/h1-8H,9-10H2,(H,20,23)(H,24,25). The van der Waals surface area contributed by atoms with Crippen molar-refractivity contribution >= 4 is 29.2 Å². The number of rotatable bonds is 6. The van der Waals surface area contributed by atoms with Crippen molar-refractivity contribution in [3.63, 3.8) is 0 Å². The van der Waals surface area contributed by atoms with Gasteiger partial charge in [0.2, 0.25) is 17.7 Å². The van der Waals surface area contributed by atoms with Gasteiger partial charge in [-0.25, -0.2) is 0 Å². The largest absolute Gasteiger partial charge is 0.481 e. The molecule has 26 heavy (non-hydrogen) atoms. The van der Waals surface area contributed by atoms with E-state index in [1.807, 2.05) is 0 Å². The molecule has 2 N–H and O–H groups in total. The molecule has 2 aromatic carbocycles. The summed E-state index contributed by atoms with van der Waals surface area (Å²) in [5.41, 5.74) is 1.73. The lowest BCUT2D eigenvalue weighted by Crippen LogP contribution is -2.13. The molecular weight excluding hydrogens is 358 g/mol. The Labute approximate surface area is 153 Å². The highest BCUT2D eigenvalue weighted by atomic mass is 35.5. The van der Waals surface area contributed by atoms with Gasteiger partial charge in [0.05, 0.1) is 17.7 Å². The Morgan fingerprint density at radius 2 is 1.69 bits per heavy atom. The maximum Gasteiger partial charge on any atom is 0.303 e. The van der Waals surface area contributed by atoms with E-state index < -0.39 is 11.9 Å². The number of hydrogen-bond donors (Lipinski definition) is 2. The number of anilines is 1. The van der Waals surface area contributed by atoms with Gasteiger partial charge in [-0.05, 0) is 36.4 Å². The van der Waals surface area contributed by atoms with Crippen molar-refractivity contribution in [3.8, 4) is 22.9 Å². The van der Waals surface area contributed by atoms with Gasteiger partial charge in [-0.2, -0.15) is 0 Å². The number of carboxylic acid groups (broad SMARTS) is 1. The monoisotopic (exact) mass is 371 g/mol. The van der Waals surface area contributed by atoms with Crippen LogP contribution in [0.4, 0.5) is 5.69 Å². The van der Waals surface area contributed by atoms with E-state index >= 15 is 0 Å². The molecule has 0 saturated carbocycles. The lowest BCUT2D eigenvalue weighted by Gasteiger charge is -2.07.